The van der Waals surface area contributed by atoms with Gasteiger partial charge in [-0.05, 0) is 78.4 Å². The predicted octanol–water partition coefficient (Wildman–Crippen LogP) is 8.21. The molecular formula is C31H35NO. The second kappa shape index (κ2) is 11.6. The van der Waals surface area contributed by atoms with Gasteiger partial charge in [0.25, 0.3) is 0 Å². The Hall–Kier alpha value is -3.26. The number of unbranched alkanes of at least 4 members (excludes halogenated alkanes) is 3. The van der Waals surface area contributed by atoms with E-state index in [2.05, 4.69) is 91.2 Å². The summed E-state index contributed by atoms with van der Waals surface area (Å²) in [7, 11) is 0. The van der Waals surface area contributed by atoms with Crippen molar-refractivity contribution in [3.63, 3.8) is 0 Å². The molecule has 0 atom stereocenters. The van der Waals surface area contributed by atoms with E-state index in [1.807, 2.05) is 18.2 Å². The molecule has 0 radical (unpaired) electrons. The van der Waals surface area contributed by atoms with Crippen LogP contribution < -0.4 is 4.74 Å². The third-order valence-electron chi connectivity index (χ3n) is 6.28. The lowest BCUT2D eigenvalue weighted by atomic mass is 10.0. The first kappa shape index (κ1) is 22.9. The van der Waals surface area contributed by atoms with Crippen molar-refractivity contribution in [2.24, 2.45) is 0 Å². The SMILES string of the molecule is CCCCCCc1ccc(Cn2c(C)ccc2-c2ccc(OCc3ccccc3)cc2)cc1. The molecule has 0 N–H and O–H groups in total. The molecule has 0 amide bonds. The largest absolute Gasteiger partial charge is 0.489 e. The number of hydrogen-bond acceptors (Lipinski definition) is 1. The summed E-state index contributed by atoms with van der Waals surface area (Å²) in [5, 5.41) is 0. The number of benzene rings is 3. The lowest BCUT2D eigenvalue weighted by Crippen LogP contribution is -2.04. The van der Waals surface area contributed by atoms with E-state index in [0.717, 1.165) is 12.3 Å². The topological polar surface area (TPSA) is 14.2 Å². The van der Waals surface area contributed by atoms with Gasteiger partial charge in [-0.1, -0.05) is 80.8 Å². The van der Waals surface area contributed by atoms with Gasteiger partial charge in [-0.3, -0.25) is 0 Å². The summed E-state index contributed by atoms with van der Waals surface area (Å²) in [5.41, 5.74) is 7.70. The van der Waals surface area contributed by atoms with Crippen molar-refractivity contribution in [3.05, 3.63) is 113 Å². The van der Waals surface area contributed by atoms with Gasteiger partial charge in [0.15, 0.2) is 0 Å². The Morgan fingerprint density at radius 3 is 2.12 bits per heavy atom. The summed E-state index contributed by atoms with van der Waals surface area (Å²) in [6.45, 7) is 5.92. The maximum atomic E-state index is 5.96. The van der Waals surface area contributed by atoms with Crippen LogP contribution in [-0.4, -0.2) is 4.57 Å². The number of aromatic nitrogens is 1. The molecular weight excluding hydrogens is 402 g/mol. The second-order valence-corrected chi connectivity index (χ2v) is 8.87. The molecule has 0 aliphatic heterocycles. The van der Waals surface area contributed by atoms with Gasteiger partial charge >= 0.3 is 0 Å². The van der Waals surface area contributed by atoms with E-state index in [9.17, 15) is 0 Å². The lowest BCUT2D eigenvalue weighted by molar-refractivity contribution is 0.306. The Labute approximate surface area is 198 Å². The first-order chi connectivity index (χ1) is 16.2. The fourth-order valence-corrected chi connectivity index (χ4v) is 4.24. The van der Waals surface area contributed by atoms with Crippen LogP contribution in [0.1, 0.15) is 55.0 Å². The van der Waals surface area contributed by atoms with E-state index in [-0.39, 0.29) is 0 Å². The predicted molar refractivity (Wildman–Crippen MR) is 139 cm³/mol. The van der Waals surface area contributed by atoms with E-state index in [1.54, 1.807) is 0 Å². The third kappa shape index (κ3) is 6.38. The van der Waals surface area contributed by atoms with E-state index in [0.29, 0.717) is 6.61 Å². The molecule has 1 aromatic heterocycles. The molecule has 0 saturated heterocycles. The van der Waals surface area contributed by atoms with Gasteiger partial charge in [0.2, 0.25) is 0 Å². The minimum absolute atomic E-state index is 0.588. The second-order valence-electron chi connectivity index (χ2n) is 8.87. The molecule has 3 aromatic carbocycles. The van der Waals surface area contributed by atoms with Gasteiger partial charge in [0.1, 0.15) is 12.4 Å². The standard InChI is InChI=1S/C31H35NO/c1-3-4-5-7-10-26-14-16-27(17-15-26)23-32-25(2)13-22-31(32)29-18-20-30(21-19-29)33-24-28-11-8-6-9-12-28/h6,8-9,11-22H,3-5,7,10,23-24H2,1-2H3. The van der Waals surface area contributed by atoms with Gasteiger partial charge in [0.05, 0.1) is 0 Å². The zero-order chi connectivity index (χ0) is 22.9. The molecule has 2 nitrogen and oxygen atoms in total. The summed E-state index contributed by atoms with van der Waals surface area (Å²) >= 11 is 0. The summed E-state index contributed by atoms with van der Waals surface area (Å²) in [5.74, 6) is 0.895. The van der Waals surface area contributed by atoms with Gasteiger partial charge in [-0.15, -0.1) is 0 Å². The van der Waals surface area contributed by atoms with Gasteiger partial charge in [0, 0.05) is 17.9 Å². The van der Waals surface area contributed by atoms with Crippen molar-refractivity contribution in [3.8, 4) is 17.0 Å². The third-order valence-corrected chi connectivity index (χ3v) is 6.28. The highest BCUT2D eigenvalue weighted by atomic mass is 16.5. The minimum Gasteiger partial charge on any atom is -0.489 e. The molecule has 2 heteroatoms. The van der Waals surface area contributed by atoms with E-state index < -0.39 is 0 Å². The number of nitrogens with zero attached hydrogens (tertiary/aromatic N) is 1. The molecule has 0 unspecified atom stereocenters. The summed E-state index contributed by atoms with van der Waals surface area (Å²) < 4.78 is 8.36. The van der Waals surface area contributed by atoms with Crippen LogP contribution in [0.5, 0.6) is 5.75 Å². The molecule has 1 heterocycles. The van der Waals surface area contributed by atoms with Crippen molar-refractivity contribution < 1.29 is 4.74 Å². The highest BCUT2D eigenvalue weighted by Gasteiger charge is 2.09. The molecule has 33 heavy (non-hydrogen) atoms. The fourth-order valence-electron chi connectivity index (χ4n) is 4.24. The van der Waals surface area contributed by atoms with E-state index in [1.165, 1.54) is 65.7 Å². The molecule has 4 rings (SSSR count). The Balaban J connectivity index is 1.40. The van der Waals surface area contributed by atoms with Gasteiger partial charge < -0.3 is 9.30 Å². The maximum Gasteiger partial charge on any atom is 0.119 e. The van der Waals surface area contributed by atoms with Crippen LogP contribution in [0.15, 0.2) is 91.0 Å². The van der Waals surface area contributed by atoms with Crippen LogP contribution >= 0.6 is 0 Å². The summed E-state index contributed by atoms with van der Waals surface area (Å²) in [4.78, 5) is 0. The van der Waals surface area contributed by atoms with E-state index >= 15 is 0 Å². The molecule has 170 valence electrons. The van der Waals surface area contributed by atoms with Gasteiger partial charge in [-0.2, -0.15) is 0 Å². The molecule has 0 saturated carbocycles. The maximum absolute atomic E-state index is 5.96. The quantitative estimate of drug-likeness (QED) is 0.216. The minimum atomic E-state index is 0.588. The highest BCUT2D eigenvalue weighted by molar-refractivity contribution is 5.62. The first-order valence-corrected chi connectivity index (χ1v) is 12.2. The molecule has 0 aliphatic rings. The number of ether oxygens (including phenoxy) is 1. The Kier molecular flexibility index (Phi) is 8.03. The van der Waals surface area contributed by atoms with Crippen LogP contribution in [0.25, 0.3) is 11.3 Å². The highest BCUT2D eigenvalue weighted by Crippen LogP contribution is 2.26. The van der Waals surface area contributed by atoms with Crippen molar-refractivity contribution >= 4 is 0 Å². The Bertz CT molecular complexity index is 1110. The molecule has 4 aromatic rings. The summed E-state index contributed by atoms with van der Waals surface area (Å²) in [6, 6.07) is 32.3. The van der Waals surface area contributed by atoms with Crippen LogP contribution in [0.3, 0.4) is 0 Å². The molecule has 0 spiro atoms. The number of aryl methyl sites for hydroxylation is 2. The normalized spacial score (nSPS) is 11.0. The average molecular weight is 438 g/mol. The van der Waals surface area contributed by atoms with Crippen molar-refractivity contribution in [2.45, 2.75) is 59.1 Å². The van der Waals surface area contributed by atoms with Crippen LogP contribution in [0.2, 0.25) is 0 Å². The van der Waals surface area contributed by atoms with Crippen LogP contribution in [0.4, 0.5) is 0 Å². The van der Waals surface area contributed by atoms with Crippen molar-refractivity contribution in [1.29, 1.82) is 0 Å². The van der Waals surface area contributed by atoms with Gasteiger partial charge in [-0.25, -0.2) is 0 Å². The Morgan fingerprint density at radius 1 is 0.667 bits per heavy atom. The Morgan fingerprint density at radius 2 is 1.39 bits per heavy atom. The monoisotopic (exact) mass is 437 g/mol. The van der Waals surface area contributed by atoms with Crippen molar-refractivity contribution in [1.82, 2.24) is 4.57 Å². The summed E-state index contributed by atoms with van der Waals surface area (Å²) in [6.07, 6.45) is 6.45. The molecule has 0 aliphatic carbocycles. The lowest BCUT2D eigenvalue weighted by Gasteiger charge is -2.13. The average Bonchev–Trinajstić information content (AvgIpc) is 3.22. The van der Waals surface area contributed by atoms with Crippen LogP contribution in [-0.2, 0) is 19.6 Å². The zero-order valence-electron chi connectivity index (χ0n) is 20.0. The fraction of sp³-hybridized carbons (Fsp3) is 0.290. The smallest absolute Gasteiger partial charge is 0.119 e. The molecule has 0 fully saturated rings. The van der Waals surface area contributed by atoms with Crippen LogP contribution in [0, 0.1) is 6.92 Å². The van der Waals surface area contributed by atoms with E-state index in [4.69, 9.17) is 4.74 Å². The number of hydrogen-bond donors (Lipinski definition) is 0. The first-order valence-electron chi connectivity index (χ1n) is 12.2. The zero-order valence-corrected chi connectivity index (χ0v) is 20.0. The number of rotatable bonds is 11. The van der Waals surface area contributed by atoms with Crippen molar-refractivity contribution in [2.75, 3.05) is 0 Å². The molecule has 0 bridgehead atoms.